The van der Waals surface area contributed by atoms with Crippen LogP contribution in [0.1, 0.15) is 25.8 Å². The lowest BCUT2D eigenvalue weighted by atomic mass is 9.87. The van der Waals surface area contributed by atoms with Gasteiger partial charge >= 0.3 is 11.9 Å². The highest BCUT2D eigenvalue weighted by Gasteiger charge is 2.57. The van der Waals surface area contributed by atoms with Crippen molar-refractivity contribution in [2.24, 2.45) is 5.41 Å². The predicted molar refractivity (Wildman–Crippen MR) is 82.2 cm³/mol. The molecule has 124 valence electrons. The second-order valence-corrected chi connectivity index (χ2v) is 5.44. The molecule has 0 radical (unpaired) electrons. The Bertz CT molecular complexity index is 566. The lowest BCUT2D eigenvalue weighted by Crippen LogP contribution is -2.44. The molecule has 1 saturated heterocycles. The molecule has 0 N–H and O–H groups in total. The van der Waals surface area contributed by atoms with E-state index in [2.05, 4.69) is 0 Å². The number of carbonyl (C=O) groups excluding carboxylic acids is 3. The Balaban J connectivity index is 2.22. The molecule has 6 nitrogen and oxygen atoms in total. The molecule has 2 rings (SSSR count). The summed E-state index contributed by atoms with van der Waals surface area (Å²) in [6.45, 7) is 3.95. The maximum Gasteiger partial charge on any atom is 0.325 e. The lowest BCUT2D eigenvalue weighted by Gasteiger charge is -2.24. The SMILES string of the molecule is CCOC(=O)C1(C(=O)OCC)CC(=O)N(Cc2ccccc2)C1. The van der Waals surface area contributed by atoms with E-state index in [1.165, 1.54) is 4.90 Å². The molecule has 1 amide bonds. The van der Waals surface area contributed by atoms with Gasteiger partial charge in [0.1, 0.15) is 0 Å². The molecule has 1 aliphatic heterocycles. The molecule has 1 aliphatic rings. The van der Waals surface area contributed by atoms with Gasteiger partial charge in [0.05, 0.1) is 19.6 Å². The van der Waals surface area contributed by atoms with Crippen molar-refractivity contribution in [1.29, 1.82) is 0 Å². The van der Waals surface area contributed by atoms with Crippen LogP contribution < -0.4 is 0 Å². The molecule has 0 atom stereocenters. The summed E-state index contributed by atoms with van der Waals surface area (Å²) in [5.74, 6) is -1.64. The Labute approximate surface area is 135 Å². The zero-order valence-electron chi connectivity index (χ0n) is 13.4. The van der Waals surface area contributed by atoms with E-state index >= 15 is 0 Å². The van der Waals surface area contributed by atoms with Crippen LogP contribution in [-0.2, 0) is 30.4 Å². The van der Waals surface area contributed by atoms with Gasteiger partial charge in [0.2, 0.25) is 5.91 Å². The molecule has 6 heteroatoms. The zero-order chi connectivity index (χ0) is 16.9. The van der Waals surface area contributed by atoms with Crippen molar-refractivity contribution in [2.45, 2.75) is 26.8 Å². The Morgan fingerprint density at radius 3 is 2.17 bits per heavy atom. The second-order valence-electron chi connectivity index (χ2n) is 5.44. The maximum atomic E-state index is 12.3. The Hall–Kier alpha value is -2.37. The quantitative estimate of drug-likeness (QED) is 0.587. The van der Waals surface area contributed by atoms with Crippen molar-refractivity contribution in [3.05, 3.63) is 35.9 Å². The number of nitrogens with zero attached hydrogens (tertiary/aromatic N) is 1. The highest BCUT2D eigenvalue weighted by molar-refractivity contribution is 6.06. The molecule has 1 aromatic rings. The van der Waals surface area contributed by atoms with Crippen molar-refractivity contribution in [1.82, 2.24) is 4.90 Å². The van der Waals surface area contributed by atoms with Crippen LogP contribution in [0.5, 0.6) is 0 Å². The fourth-order valence-electron chi connectivity index (χ4n) is 2.68. The third-order valence-electron chi connectivity index (χ3n) is 3.82. The molecule has 1 heterocycles. The van der Waals surface area contributed by atoms with Crippen LogP contribution in [-0.4, -0.2) is 42.5 Å². The summed E-state index contributed by atoms with van der Waals surface area (Å²) in [6, 6.07) is 9.42. The largest absolute Gasteiger partial charge is 0.465 e. The van der Waals surface area contributed by atoms with Crippen molar-refractivity contribution < 1.29 is 23.9 Å². The fraction of sp³-hybridized carbons (Fsp3) is 0.471. The molecule has 0 saturated carbocycles. The van der Waals surface area contributed by atoms with Crippen molar-refractivity contribution in [3.8, 4) is 0 Å². The molecule has 0 unspecified atom stereocenters. The summed E-state index contributed by atoms with van der Waals surface area (Å²) in [4.78, 5) is 38.5. The number of amides is 1. The Kier molecular flexibility index (Phi) is 5.36. The van der Waals surface area contributed by atoms with Gasteiger partial charge in [-0.05, 0) is 19.4 Å². The minimum atomic E-state index is -1.56. The van der Waals surface area contributed by atoms with Gasteiger partial charge in [0.15, 0.2) is 5.41 Å². The molecule has 0 bridgehead atoms. The summed E-state index contributed by atoms with van der Waals surface area (Å²) in [6.07, 6.45) is -0.211. The molecule has 0 spiro atoms. The smallest absolute Gasteiger partial charge is 0.325 e. The summed E-state index contributed by atoms with van der Waals surface area (Å²) < 4.78 is 10.0. The van der Waals surface area contributed by atoms with E-state index in [1.54, 1.807) is 13.8 Å². The van der Waals surface area contributed by atoms with Gasteiger partial charge in [-0.15, -0.1) is 0 Å². The number of ether oxygens (including phenoxy) is 2. The van der Waals surface area contributed by atoms with Crippen molar-refractivity contribution >= 4 is 17.8 Å². The summed E-state index contributed by atoms with van der Waals surface area (Å²) in [7, 11) is 0. The minimum absolute atomic E-state index is 0.0155. The third kappa shape index (κ3) is 3.52. The summed E-state index contributed by atoms with van der Waals surface area (Å²) >= 11 is 0. The van der Waals surface area contributed by atoms with E-state index in [9.17, 15) is 14.4 Å². The summed E-state index contributed by atoms with van der Waals surface area (Å²) in [5, 5.41) is 0. The van der Waals surface area contributed by atoms with Crippen LogP contribution >= 0.6 is 0 Å². The number of hydrogen-bond acceptors (Lipinski definition) is 5. The van der Waals surface area contributed by atoms with Crippen LogP contribution in [0.3, 0.4) is 0 Å². The minimum Gasteiger partial charge on any atom is -0.465 e. The first kappa shape index (κ1) is 17.0. The van der Waals surface area contributed by atoms with Gasteiger partial charge in [-0.2, -0.15) is 0 Å². The topological polar surface area (TPSA) is 72.9 Å². The first-order chi connectivity index (χ1) is 11.0. The number of carbonyl (C=O) groups is 3. The van der Waals surface area contributed by atoms with Crippen LogP contribution in [0.2, 0.25) is 0 Å². The van der Waals surface area contributed by atoms with Crippen molar-refractivity contribution in [2.75, 3.05) is 19.8 Å². The highest BCUT2D eigenvalue weighted by atomic mass is 16.6. The molecule has 23 heavy (non-hydrogen) atoms. The predicted octanol–water partition coefficient (Wildman–Crippen LogP) is 1.53. The van der Waals surface area contributed by atoms with E-state index < -0.39 is 17.4 Å². The molecule has 0 aromatic heterocycles. The third-order valence-corrected chi connectivity index (χ3v) is 3.82. The fourth-order valence-corrected chi connectivity index (χ4v) is 2.68. The average Bonchev–Trinajstić information content (AvgIpc) is 2.87. The van der Waals surface area contributed by atoms with E-state index in [1.807, 2.05) is 30.3 Å². The normalized spacial score (nSPS) is 16.3. The second kappa shape index (κ2) is 7.26. The number of likely N-dealkylation sites (tertiary alicyclic amines) is 1. The van der Waals surface area contributed by atoms with Crippen LogP contribution in [0.4, 0.5) is 0 Å². The average molecular weight is 319 g/mol. The lowest BCUT2D eigenvalue weighted by molar-refractivity contribution is -0.171. The van der Waals surface area contributed by atoms with Crippen LogP contribution in [0.25, 0.3) is 0 Å². The number of hydrogen-bond donors (Lipinski definition) is 0. The Morgan fingerprint density at radius 1 is 1.09 bits per heavy atom. The highest BCUT2D eigenvalue weighted by Crippen LogP contribution is 2.35. The monoisotopic (exact) mass is 319 g/mol. The molecule has 0 aliphatic carbocycles. The van der Waals surface area contributed by atoms with E-state index in [4.69, 9.17) is 9.47 Å². The van der Waals surface area contributed by atoms with Gasteiger partial charge < -0.3 is 14.4 Å². The standard InChI is InChI=1S/C17H21NO5/c1-3-22-15(20)17(16(21)23-4-2)10-14(19)18(12-17)11-13-8-6-5-7-9-13/h5-9H,3-4,10-12H2,1-2H3. The number of rotatable bonds is 6. The maximum absolute atomic E-state index is 12.3. The summed E-state index contributed by atoms with van der Waals surface area (Å²) in [5.41, 5.74) is -0.623. The van der Waals surface area contributed by atoms with Gasteiger partial charge in [-0.25, -0.2) is 0 Å². The van der Waals surface area contributed by atoms with E-state index in [-0.39, 0.29) is 32.1 Å². The van der Waals surface area contributed by atoms with Crippen molar-refractivity contribution in [3.63, 3.8) is 0 Å². The van der Waals surface area contributed by atoms with Crippen LogP contribution in [0, 0.1) is 5.41 Å². The zero-order valence-corrected chi connectivity index (χ0v) is 13.4. The van der Waals surface area contributed by atoms with Gasteiger partial charge in [-0.3, -0.25) is 14.4 Å². The molecular formula is C17H21NO5. The first-order valence-corrected chi connectivity index (χ1v) is 7.69. The molecular weight excluding hydrogens is 298 g/mol. The molecule has 1 aromatic carbocycles. The van der Waals surface area contributed by atoms with Gasteiger partial charge in [-0.1, -0.05) is 30.3 Å². The van der Waals surface area contributed by atoms with Gasteiger partial charge in [0, 0.05) is 13.1 Å². The number of benzene rings is 1. The first-order valence-electron chi connectivity index (χ1n) is 7.69. The number of esters is 2. The Morgan fingerprint density at radius 2 is 1.65 bits per heavy atom. The van der Waals surface area contributed by atoms with E-state index in [0.717, 1.165) is 5.56 Å². The van der Waals surface area contributed by atoms with Crippen LogP contribution in [0.15, 0.2) is 30.3 Å². The van der Waals surface area contributed by atoms with Gasteiger partial charge in [0.25, 0.3) is 0 Å². The van der Waals surface area contributed by atoms with E-state index in [0.29, 0.717) is 6.54 Å². The molecule has 1 fully saturated rings.